The molecule has 2 rings (SSSR count). The molecule has 4 heteroatoms. The van der Waals surface area contributed by atoms with Gasteiger partial charge in [0.1, 0.15) is 5.75 Å². The van der Waals surface area contributed by atoms with E-state index in [9.17, 15) is 5.11 Å². The molecule has 4 nitrogen and oxygen atoms in total. The second kappa shape index (κ2) is 6.77. The average Bonchev–Trinajstić information content (AvgIpc) is 2.47. The van der Waals surface area contributed by atoms with Crippen molar-refractivity contribution in [1.29, 1.82) is 0 Å². The molecule has 0 aliphatic carbocycles. The summed E-state index contributed by atoms with van der Waals surface area (Å²) in [4.78, 5) is 2.29. The molecule has 0 spiro atoms. The minimum atomic E-state index is -0.564. The van der Waals surface area contributed by atoms with Crippen LogP contribution in [-0.2, 0) is 4.74 Å². The Balaban J connectivity index is 2.15. The first-order valence-corrected chi connectivity index (χ1v) is 7.68. The molecular weight excluding hydrogens is 266 g/mol. The van der Waals surface area contributed by atoms with Gasteiger partial charge in [0.2, 0.25) is 0 Å². The molecule has 0 saturated carbocycles. The Labute approximate surface area is 127 Å². The summed E-state index contributed by atoms with van der Waals surface area (Å²) in [6, 6.07) is 7.76. The number of ether oxygens (including phenoxy) is 2. The second-order valence-corrected chi connectivity index (χ2v) is 6.39. The number of benzene rings is 1. The molecular formula is C17H27NO3. The zero-order chi connectivity index (χ0) is 15.5. The van der Waals surface area contributed by atoms with Crippen LogP contribution in [0.25, 0.3) is 0 Å². The largest absolute Gasteiger partial charge is 0.491 e. The molecule has 1 unspecified atom stereocenters. The average molecular weight is 293 g/mol. The molecule has 0 bridgehead atoms. The molecule has 1 aromatic rings. The van der Waals surface area contributed by atoms with E-state index in [4.69, 9.17) is 9.47 Å². The maximum atomic E-state index is 10.8. The lowest BCUT2D eigenvalue weighted by atomic mass is 9.89. The third kappa shape index (κ3) is 3.96. The number of hydrogen-bond acceptors (Lipinski definition) is 4. The van der Waals surface area contributed by atoms with Crippen LogP contribution >= 0.6 is 0 Å². The van der Waals surface area contributed by atoms with E-state index in [1.165, 1.54) is 0 Å². The summed E-state index contributed by atoms with van der Waals surface area (Å²) in [5.74, 6) is 0.805. The fraction of sp³-hybridized carbons (Fsp3) is 0.647. The fourth-order valence-electron chi connectivity index (χ4n) is 2.75. The smallest absolute Gasteiger partial charge is 0.120 e. The van der Waals surface area contributed by atoms with Gasteiger partial charge in [-0.2, -0.15) is 0 Å². The Kier molecular flexibility index (Phi) is 5.25. The SMILES string of the molecule is CC(C)Oc1cccc(C(O)C(C)(C)N2CCOCC2)c1. The first-order valence-electron chi connectivity index (χ1n) is 7.68. The van der Waals surface area contributed by atoms with E-state index in [0.29, 0.717) is 0 Å². The molecule has 1 atom stereocenters. The minimum absolute atomic E-state index is 0.129. The van der Waals surface area contributed by atoms with Crippen LogP contribution in [0.2, 0.25) is 0 Å². The van der Waals surface area contributed by atoms with Gasteiger partial charge in [0.25, 0.3) is 0 Å². The van der Waals surface area contributed by atoms with Crippen LogP contribution in [0.15, 0.2) is 24.3 Å². The summed E-state index contributed by atoms with van der Waals surface area (Å²) < 4.78 is 11.1. The summed E-state index contributed by atoms with van der Waals surface area (Å²) in [7, 11) is 0. The number of rotatable bonds is 5. The van der Waals surface area contributed by atoms with E-state index >= 15 is 0 Å². The molecule has 0 aromatic heterocycles. The van der Waals surface area contributed by atoms with Crippen molar-refractivity contribution in [2.24, 2.45) is 0 Å². The third-order valence-electron chi connectivity index (χ3n) is 4.04. The van der Waals surface area contributed by atoms with Gasteiger partial charge >= 0.3 is 0 Å². The van der Waals surface area contributed by atoms with Gasteiger partial charge in [0.05, 0.1) is 25.4 Å². The van der Waals surface area contributed by atoms with E-state index in [1.807, 2.05) is 38.1 Å². The van der Waals surface area contributed by atoms with Gasteiger partial charge in [-0.25, -0.2) is 0 Å². The first kappa shape index (κ1) is 16.3. The van der Waals surface area contributed by atoms with Gasteiger partial charge in [-0.05, 0) is 45.4 Å². The van der Waals surface area contributed by atoms with Gasteiger partial charge in [0.15, 0.2) is 0 Å². The number of hydrogen-bond donors (Lipinski definition) is 1. The molecule has 1 saturated heterocycles. The highest BCUT2D eigenvalue weighted by Gasteiger charge is 2.36. The van der Waals surface area contributed by atoms with Crippen LogP contribution in [0.1, 0.15) is 39.4 Å². The minimum Gasteiger partial charge on any atom is -0.491 e. The van der Waals surface area contributed by atoms with Gasteiger partial charge in [-0.1, -0.05) is 12.1 Å². The first-order chi connectivity index (χ1) is 9.91. The standard InChI is InChI=1S/C17H27NO3/c1-13(2)21-15-7-5-6-14(12-15)16(19)17(3,4)18-8-10-20-11-9-18/h5-7,12-13,16,19H,8-11H2,1-4H3. The number of morpholine rings is 1. The maximum absolute atomic E-state index is 10.8. The number of aliphatic hydroxyl groups is 1. The quantitative estimate of drug-likeness (QED) is 0.906. The molecule has 1 heterocycles. The Morgan fingerprint density at radius 2 is 1.90 bits per heavy atom. The number of nitrogens with zero attached hydrogens (tertiary/aromatic N) is 1. The van der Waals surface area contributed by atoms with Crippen molar-refractivity contribution in [3.05, 3.63) is 29.8 Å². The van der Waals surface area contributed by atoms with Gasteiger partial charge in [0, 0.05) is 18.6 Å². The molecule has 1 aliphatic heterocycles. The highest BCUT2D eigenvalue weighted by Crippen LogP contribution is 2.33. The number of aliphatic hydroxyl groups excluding tert-OH is 1. The monoisotopic (exact) mass is 293 g/mol. The molecule has 1 fully saturated rings. The summed E-state index contributed by atoms with van der Waals surface area (Å²) in [6.07, 6.45) is -0.434. The Hall–Kier alpha value is -1.10. The molecule has 118 valence electrons. The summed E-state index contributed by atoms with van der Waals surface area (Å²) in [5, 5.41) is 10.8. The van der Waals surface area contributed by atoms with Crippen LogP contribution in [0.3, 0.4) is 0 Å². The molecule has 21 heavy (non-hydrogen) atoms. The van der Waals surface area contributed by atoms with Gasteiger partial charge in [-0.15, -0.1) is 0 Å². The van der Waals surface area contributed by atoms with Crippen LogP contribution in [0.5, 0.6) is 5.75 Å². The molecule has 1 N–H and O–H groups in total. The maximum Gasteiger partial charge on any atom is 0.120 e. The van der Waals surface area contributed by atoms with E-state index in [0.717, 1.165) is 37.6 Å². The van der Waals surface area contributed by atoms with Crippen molar-refractivity contribution in [2.75, 3.05) is 26.3 Å². The molecule has 0 amide bonds. The van der Waals surface area contributed by atoms with Crippen molar-refractivity contribution in [1.82, 2.24) is 4.90 Å². The van der Waals surface area contributed by atoms with Crippen LogP contribution in [0, 0.1) is 0 Å². The normalized spacial score (nSPS) is 18.8. The van der Waals surface area contributed by atoms with Crippen molar-refractivity contribution in [2.45, 2.75) is 45.4 Å². The lowest BCUT2D eigenvalue weighted by Crippen LogP contribution is -2.53. The fourth-order valence-corrected chi connectivity index (χ4v) is 2.75. The Bertz CT molecular complexity index is 453. The van der Waals surface area contributed by atoms with E-state index in [1.54, 1.807) is 0 Å². The highest BCUT2D eigenvalue weighted by molar-refractivity contribution is 5.31. The van der Waals surface area contributed by atoms with Crippen molar-refractivity contribution in [3.63, 3.8) is 0 Å². The lowest BCUT2D eigenvalue weighted by Gasteiger charge is -2.43. The zero-order valence-electron chi connectivity index (χ0n) is 13.5. The van der Waals surface area contributed by atoms with Crippen LogP contribution in [-0.4, -0.2) is 48.0 Å². The summed E-state index contributed by atoms with van der Waals surface area (Å²) in [5.41, 5.74) is 0.560. The van der Waals surface area contributed by atoms with Gasteiger partial charge in [-0.3, -0.25) is 4.90 Å². The predicted octanol–water partition coefficient (Wildman–Crippen LogP) is 2.62. The van der Waals surface area contributed by atoms with Crippen molar-refractivity contribution >= 4 is 0 Å². The van der Waals surface area contributed by atoms with Crippen LogP contribution < -0.4 is 4.74 Å². The lowest BCUT2D eigenvalue weighted by molar-refractivity contribution is -0.0631. The van der Waals surface area contributed by atoms with Gasteiger partial charge < -0.3 is 14.6 Å². The van der Waals surface area contributed by atoms with E-state index < -0.39 is 6.10 Å². The Morgan fingerprint density at radius 1 is 1.24 bits per heavy atom. The predicted molar refractivity (Wildman–Crippen MR) is 83.6 cm³/mol. The van der Waals surface area contributed by atoms with Crippen LogP contribution in [0.4, 0.5) is 0 Å². The molecule has 0 radical (unpaired) electrons. The van der Waals surface area contributed by atoms with E-state index in [2.05, 4.69) is 18.7 Å². The van der Waals surface area contributed by atoms with E-state index in [-0.39, 0.29) is 11.6 Å². The van der Waals surface area contributed by atoms with Crippen molar-refractivity contribution in [3.8, 4) is 5.75 Å². The highest BCUT2D eigenvalue weighted by atomic mass is 16.5. The molecule has 1 aliphatic rings. The Morgan fingerprint density at radius 3 is 2.52 bits per heavy atom. The molecule has 1 aromatic carbocycles. The van der Waals surface area contributed by atoms with Crippen molar-refractivity contribution < 1.29 is 14.6 Å². The summed E-state index contributed by atoms with van der Waals surface area (Å²) in [6.45, 7) is 11.3. The zero-order valence-corrected chi connectivity index (χ0v) is 13.5. The second-order valence-electron chi connectivity index (χ2n) is 6.39. The third-order valence-corrected chi connectivity index (χ3v) is 4.04. The topological polar surface area (TPSA) is 41.9 Å². The summed E-state index contributed by atoms with van der Waals surface area (Å²) >= 11 is 0.